The number of imidazole rings is 1. The Labute approximate surface area is 125 Å². The molecule has 5 heteroatoms. The first-order chi connectivity index (χ1) is 10.1. The highest BCUT2D eigenvalue weighted by atomic mass is 16.1. The highest BCUT2D eigenvalue weighted by Gasteiger charge is 2.37. The van der Waals surface area contributed by atoms with E-state index in [1.54, 1.807) is 13.2 Å². The van der Waals surface area contributed by atoms with E-state index in [-0.39, 0.29) is 0 Å². The molecule has 0 aliphatic heterocycles. The van der Waals surface area contributed by atoms with Crippen LogP contribution in [-0.2, 0) is 23.3 Å². The van der Waals surface area contributed by atoms with Gasteiger partial charge in [-0.25, -0.2) is 4.98 Å². The third-order valence-electron chi connectivity index (χ3n) is 3.80. The summed E-state index contributed by atoms with van der Waals surface area (Å²) < 4.78 is 2.00. The molecule has 1 aromatic carbocycles. The quantitative estimate of drug-likeness (QED) is 0.809. The van der Waals surface area contributed by atoms with Crippen molar-refractivity contribution >= 4 is 5.91 Å². The zero-order chi connectivity index (χ0) is 15.3. The molecule has 21 heavy (non-hydrogen) atoms. The Balaban J connectivity index is 2.42. The number of likely N-dealkylation sites (N-methyl/N-ethyl adjacent to an activating group) is 1. The van der Waals surface area contributed by atoms with Crippen LogP contribution in [0.4, 0.5) is 0 Å². The SMILES string of the molecule is CCCc1nccn1CC(NC)(C(N)=O)c1ccccc1. The lowest BCUT2D eigenvalue weighted by atomic mass is 9.89. The number of nitrogens with one attached hydrogen (secondary N) is 1. The van der Waals surface area contributed by atoms with E-state index in [1.165, 1.54) is 0 Å². The molecule has 0 aliphatic carbocycles. The van der Waals surface area contributed by atoms with Gasteiger partial charge in [0.1, 0.15) is 11.4 Å². The van der Waals surface area contributed by atoms with Gasteiger partial charge in [0.25, 0.3) is 0 Å². The van der Waals surface area contributed by atoms with Crippen LogP contribution in [0.15, 0.2) is 42.7 Å². The highest BCUT2D eigenvalue weighted by Crippen LogP contribution is 2.23. The Hall–Kier alpha value is -2.14. The molecule has 2 rings (SSSR count). The Morgan fingerprint density at radius 3 is 2.67 bits per heavy atom. The number of aromatic nitrogens is 2. The summed E-state index contributed by atoms with van der Waals surface area (Å²) in [6.45, 7) is 2.54. The molecule has 112 valence electrons. The fourth-order valence-electron chi connectivity index (χ4n) is 2.57. The summed E-state index contributed by atoms with van der Waals surface area (Å²) in [5, 5.41) is 3.12. The second-order valence-electron chi connectivity index (χ2n) is 5.11. The van der Waals surface area contributed by atoms with Crippen molar-refractivity contribution < 1.29 is 4.79 Å². The normalized spacial score (nSPS) is 13.8. The van der Waals surface area contributed by atoms with Gasteiger partial charge >= 0.3 is 0 Å². The minimum Gasteiger partial charge on any atom is -0.368 e. The number of nitrogens with zero attached hydrogens (tertiary/aromatic N) is 2. The molecular formula is C16H22N4O. The number of primary amides is 1. The van der Waals surface area contributed by atoms with Crippen LogP contribution in [-0.4, -0.2) is 22.5 Å². The van der Waals surface area contributed by atoms with Gasteiger partial charge in [-0.2, -0.15) is 0 Å². The number of nitrogens with two attached hydrogens (primary N) is 1. The maximum Gasteiger partial charge on any atom is 0.244 e. The van der Waals surface area contributed by atoms with Gasteiger partial charge in [0.05, 0.1) is 6.54 Å². The van der Waals surface area contributed by atoms with Crippen LogP contribution in [0.25, 0.3) is 0 Å². The van der Waals surface area contributed by atoms with Crippen molar-refractivity contribution in [2.75, 3.05) is 7.05 Å². The van der Waals surface area contributed by atoms with Crippen LogP contribution < -0.4 is 11.1 Å². The topological polar surface area (TPSA) is 72.9 Å². The number of carbonyl (C=O) groups excluding carboxylic acids is 1. The summed E-state index contributed by atoms with van der Waals surface area (Å²) in [7, 11) is 1.76. The van der Waals surface area contributed by atoms with Gasteiger partial charge in [0.2, 0.25) is 5.91 Å². The van der Waals surface area contributed by atoms with Crippen molar-refractivity contribution in [2.24, 2.45) is 5.73 Å². The number of amides is 1. The second kappa shape index (κ2) is 6.54. The Morgan fingerprint density at radius 1 is 1.38 bits per heavy atom. The van der Waals surface area contributed by atoms with E-state index in [1.807, 2.05) is 41.1 Å². The smallest absolute Gasteiger partial charge is 0.244 e. The fourth-order valence-corrected chi connectivity index (χ4v) is 2.57. The summed E-state index contributed by atoms with van der Waals surface area (Å²) in [4.78, 5) is 16.5. The molecule has 1 amide bonds. The zero-order valence-electron chi connectivity index (χ0n) is 12.5. The number of benzene rings is 1. The molecule has 1 unspecified atom stereocenters. The first-order valence-corrected chi connectivity index (χ1v) is 7.18. The van der Waals surface area contributed by atoms with E-state index < -0.39 is 11.4 Å². The lowest BCUT2D eigenvalue weighted by Gasteiger charge is -2.31. The largest absolute Gasteiger partial charge is 0.368 e. The number of aryl methyl sites for hydroxylation is 1. The van der Waals surface area contributed by atoms with Crippen molar-refractivity contribution in [3.63, 3.8) is 0 Å². The van der Waals surface area contributed by atoms with Crippen LogP contribution in [0, 0.1) is 0 Å². The Kier molecular flexibility index (Phi) is 4.75. The zero-order valence-corrected chi connectivity index (χ0v) is 12.5. The highest BCUT2D eigenvalue weighted by molar-refractivity contribution is 5.86. The van der Waals surface area contributed by atoms with Crippen LogP contribution in [0.3, 0.4) is 0 Å². The van der Waals surface area contributed by atoms with Crippen molar-refractivity contribution in [3.05, 3.63) is 54.1 Å². The Bertz CT molecular complexity index is 593. The second-order valence-corrected chi connectivity index (χ2v) is 5.11. The lowest BCUT2D eigenvalue weighted by molar-refractivity contribution is -0.125. The summed E-state index contributed by atoms with van der Waals surface area (Å²) in [5.41, 5.74) is 5.64. The molecule has 3 N–H and O–H groups in total. The minimum absolute atomic E-state index is 0.396. The van der Waals surface area contributed by atoms with E-state index in [0.29, 0.717) is 6.54 Å². The number of rotatable bonds is 7. The van der Waals surface area contributed by atoms with E-state index in [2.05, 4.69) is 17.2 Å². The first kappa shape index (κ1) is 15.3. The molecule has 1 atom stereocenters. The van der Waals surface area contributed by atoms with Gasteiger partial charge in [-0.1, -0.05) is 37.3 Å². The average Bonchev–Trinajstić information content (AvgIpc) is 2.93. The molecule has 0 fully saturated rings. The van der Waals surface area contributed by atoms with E-state index in [9.17, 15) is 4.79 Å². The molecule has 1 aromatic heterocycles. The average molecular weight is 286 g/mol. The maximum atomic E-state index is 12.2. The third-order valence-corrected chi connectivity index (χ3v) is 3.80. The number of hydrogen-bond acceptors (Lipinski definition) is 3. The standard InChI is InChI=1S/C16H22N4O/c1-3-7-14-19-10-11-20(14)12-16(18-2,15(17)21)13-8-5-4-6-9-13/h4-6,8-11,18H,3,7,12H2,1-2H3,(H2,17,21). The van der Waals surface area contributed by atoms with Gasteiger partial charge in [0, 0.05) is 18.8 Å². The maximum absolute atomic E-state index is 12.2. The number of carbonyl (C=O) groups is 1. The molecule has 0 saturated heterocycles. The monoisotopic (exact) mass is 286 g/mol. The van der Waals surface area contributed by atoms with Crippen LogP contribution >= 0.6 is 0 Å². The lowest BCUT2D eigenvalue weighted by Crippen LogP contribution is -2.54. The summed E-state index contributed by atoms with van der Waals surface area (Å²) in [6.07, 6.45) is 5.53. The van der Waals surface area contributed by atoms with Gasteiger partial charge in [-0.15, -0.1) is 0 Å². The molecule has 0 spiro atoms. The minimum atomic E-state index is -0.940. The van der Waals surface area contributed by atoms with Crippen LogP contribution in [0.5, 0.6) is 0 Å². The van der Waals surface area contributed by atoms with E-state index in [4.69, 9.17) is 5.73 Å². The summed E-state index contributed by atoms with van der Waals surface area (Å²) in [5.74, 6) is 0.571. The van der Waals surface area contributed by atoms with Gasteiger partial charge in [-0.3, -0.25) is 4.79 Å². The third kappa shape index (κ3) is 2.97. The van der Waals surface area contributed by atoms with E-state index in [0.717, 1.165) is 24.2 Å². The predicted octanol–water partition coefficient (Wildman–Crippen LogP) is 1.44. The van der Waals surface area contributed by atoms with Gasteiger partial charge in [0.15, 0.2) is 0 Å². The molecule has 0 bridgehead atoms. The first-order valence-electron chi connectivity index (χ1n) is 7.18. The number of hydrogen-bond donors (Lipinski definition) is 2. The summed E-state index contributed by atoms with van der Waals surface area (Å²) in [6, 6.07) is 9.57. The van der Waals surface area contributed by atoms with Crippen molar-refractivity contribution in [3.8, 4) is 0 Å². The Morgan fingerprint density at radius 2 is 2.10 bits per heavy atom. The van der Waals surface area contributed by atoms with Crippen molar-refractivity contribution in [2.45, 2.75) is 31.8 Å². The van der Waals surface area contributed by atoms with Gasteiger partial charge in [-0.05, 0) is 19.0 Å². The van der Waals surface area contributed by atoms with Gasteiger partial charge < -0.3 is 15.6 Å². The van der Waals surface area contributed by atoms with E-state index >= 15 is 0 Å². The molecule has 0 radical (unpaired) electrons. The van der Waals surface area contributed by atoms with Crippen molar-refractivity contribution in [1.29, 1.82) is 0 Å². The molecule has 2 aromatic rings. The fraction of sp³-hybridized carbons (Fsp3) is 0.375. The molecular weight excluding hydrogens is 264 g/mol. The van der Waals surface area contributed by atoms with Crippen LogP contribution in [0.2, 0.25) is 0 Å². The molecule has 5 nitrogen and oxygen atoms in total. The molecule has 0 aliphatic rings. The molecule has 0 saturated carbocycles. The molecule has 1 heterocycles. The van der Waals surface area contributed by atoms with Crippen molar-refractivity contribution in [1.82, 2.24) is 14.9 Å². The predicted molar refractivity (Wildman–Crippen MR) is 82.6 cm³/mol. The van der Waals surface area contributed by atoms with Crippen LogP contribution in [0.1, 0.15) is 24.7 Å². The summed E-state index contributed by atoms with van der Waals surface area (Å²) >= 11 is 0.